The summed E-state index contributed by atoms with van der Waals surface area (Å²) >= 11 is 0. The van der Waals surface area contributed by atoms with E-state index >= 15 is 0 Å². The zero-order valence-electron chi connectivity index (χ0n) is 9.79. The molecule has 0 unspecified atom stereocenters. The number of rotatable bonds is 5. The third-order valence-corrected chi connectivity index (χ3v) is 2.32. The lowest BCUT2D eigenvalue weighted by Gasteiger charge is -2.05. The van der Waals surface area contributed by atoms with Crippen LogP contribution in [0.15, 0.2) is 6.07 Å². The Morgan fingerprint density at radius 1 is 1.56 bits per heavy atom. The van der Waals surface area contributed by atoms with Gasteiger partial charge in [0.1, 0.15) is 6.54 Å². The lowest BCUT2D eigenvalue weighted by molar-refractivity contribution is -0.121. The highest BCUT2D eigenvalue weighted by Gasteiger charge is 2.08. The number of nitrogens with one attached hydrogen (secondary N) is 1. The van der Waals surface area contributed by atoms with Crippen LogP contribution in [0.3, 0.4) is 0 Å². The van der Waals surface area contributed by atoms with Crippen molar-refractivity contribution in [3.8, 4) is 12.3 Å². The fraction of sp³-hybridized carbons (Fsp3) is 0.500. The molecule has 86 valence electrons. The first kappa shape index (κ1) is 12.3. The maximum atomic E-state index is 11.5. The number of carbonyl (C=O) groups excluding carboxylic acids is 1. The molecule has 1 aromatic rings. The second-order valence-electron chi connectivity index (χ2n) is 3.47. The Morgan fingerprint density at radius 3 is 2.88 bits per heavy atom. The zero-order chi connectivity index (χ0) is 12.0. The minimum Gasteiger partial charge on any atom is -0.344 e. The van der Waals surface area contributed by atoms with Gasteiger partial charge in [0.05, 0.1) is 12.2 Å². The summed E-state index contributed by atoms with van der Waals surface area (Å²) in [6.07, 6.45) is 6.82. The molecule has 0 aliphatic carbocycles. The monoisotopic (exact) mass is 219 g/mol. The molecule has 1 N–H and O–H groups in total. The summed E-state index contributed by atoms with van der Waals surface area (Å²) in [5.41, 5.74) is 2.09. The van der Waals surface area contributed by atoms with Crippen LogP contribution in [0.5, 0.6) is 0 Å². The second kappa shape index (κ2) is 5.96. The first-order valence-corrected chi connectivity index (χ1v) is 5.47. The van der Waals surface area contributed by atoms with Crippen molar-refractivity contribution in [1.82, 2.24) is 15.1 Å². The highest BCUT2D eigenvalue weighted by molar-refractivity contribution is 5.75. The molecule has 16 heavy (non-hydrogen) atoms. The normalized spacial score (nSPS) is 9.81. The molecular weight excluding hydrogens is 202 g/mol. The van der Waals surface area contributed by atoms with Gasteiger partial charge in [0, 0.05) is 5.69 Å². The summed E-state index contributed by atoms with van der Waals surface area (Å²) in [5, 5.41) is 6.98. The molecule has 0 aliphatic rings. The standard InChI is InChI=1S/C12H17N3O/c1-4-7-13-12(16)9-15-11(6-3)8-10(5-2)14-15/h1,8H,5-7,9H2,2-3H3,(H,13,16). The van der Waals surface area contributed by atoms with E-state index in [0.29, 0.717) is 0 Å². The van der Waals surface area contributed by atoms with Crippen LogP contribution < -0.4 is 5.32 Å². The first-order chi connectivity index (χ1) is 7.71. The van der Waals surface area contributed by atoms with Gasteiger partial charge in [-0.1, -0.05) is 19.8 Å². The maximum Gasteiger partial charge on any atom is 0.242 e. The summed E-state index contributed by atoms with van der Waals surface area (Å²) in [6.45, 7) is 4.60. The number of amides is 1. The molecule has 0 saturated heterocycles. The van der Waals surface area contributed by atoms with E-state index in [1.807, 2.05) is 19.9 Å². The molecule has 0 aromatic carbocycles. The van der Waals surface area contributed by atoms with Crippen LogP contribution in [0.25, 0.3) is 0 Å². The molecule has 1 heterocycles. The van der Waals surface area contributed by atoms with Crippen LogP contribution in [0.1, 0.15) is 25.2 Å². The number of terminal acetylenes is 1. The topological polar surface area (TPSA) is 46.9 Å². The largest absolute Gasteiger partial charge is 0.344 e. The van der Waals surface area contributed by atoms with Gasteiger partial charge in [0.2, 0.25) is 5.91 Å². The smallest absolute Gasteiger partial charge is 0.242 e. The van der Waals surface area contributed by atoms with Gasteiger partial charge in [0.15, 0.2) is 0 Å². The van der Waals surface area contributed by atoms with E-state index in [-0.39, 0.29) is 19.0 Å². The van der Waals surface area contributed by atoms with E-state index < -0.39 is 0 Å². The highest BCUT2D eigenvalue weighted by Crippen LogP contribution is 2.05. The van der Waals surface area contributed by atoms with Crippen molar-refractivity contribution < 1.29 is 4.79 Å². The molecule has 0 fully saturated rings. The van der Waals surface area contributed by atoms with Crippen molar-refractivity contribution in [2.45, 2.75) is 33.2 Å². The number of hydrogen-bond acceptors (Lipinski definition) is 2. The summed E-state index contributed by atoms with van der Waals surface area (Å²) in [7, 11) is 0. The Kier molecular flexibility index (Phi) is 4.59. The van der Waals surface area contributed by atoms with Crippen molar-refractivity contribution in [1.29, 1.82) is 0 Å². The lowest BCUT2D eigenvalue weighted by Crippen LogP contribution is -2.28. The zero-order valence-corrected chi connectivity index (χ0v) is 9.79. The minimum atomic E-state index is -0.0987. The fourth-order valence-corrected chi connectivity index (χ4v) is 1.45. The maximum absolute atomic E-state index is 11.5. The van der Waals surface area contributed by atoms with Crippen molar-refractivity contribution in [3.63, 3.8) is 0 Å². The predicted octanol–water partition coefficient (Wildman–Crippen LogP) is 0.757. The first-order valence-electron chi connectivity index (χ1n) is 5.47. The van der Waals surface area contributed by atoms with E-state index in [4.69, 9.17) is 6.42 Å². The number of hydrogen-bond donors (Lipinski definition) is 1. The predicted molar refractivity (Wildman–Crippen MR) is 62.8 cm³/mol. The molecule has 0 spiro atoms. The average molecular weight is 219 g/mol. The summed E-state index contributed by atoms with van der Waals surface area (Å²) in [6, 6.07) is 2.04. The molecule has 0 atom stereocenters. The number of carbonyl (C=O) groups is 1. The van der Waals surface area contributed by atoms with Crippen molar-refractivity contribution in [3.05, 3.63) is 17.5 Å². The van der Waals surface area contributed by atoms with Crippen LogP contribution in [0, 0.1) is 12.3 Å². The quantitative estimate of drug-likeness (QED) is 0.743. The summed E-state index contributed by atoms with van der Waals surface area (Å²) in [5.74, 6) is 2.27. The van der Waals surface area contributed by atoms with E-state index in [2.05, 4.69) is 16.3 Å². The molecule has 1 amide bonds. The van der Waals surface area contributed by atoms with Crippen LogP contribution >= 0.6 is 0 Å². The Morgan fingerprint density at radius 2 is 2.31 bits per heavy atom. The van der Waals surface area contributed by atoms with Gasteiger partial charge >= 0.3 is 0 Å². The van der Waals surface area contributed by atoms with Gasteiger partial charge in [-0.3, -0.25) is 9.48 Å². The molecule has 0 bridgehead atoms. The Hall–Kier alpha value is -1.76. The Labute approximate surface area is 96.0 Å². The van der Waals surface area contributed by atoms with Gasteiger partial charge in [-0.2, -0.15) is 5.10 Å². The van der Waals surface area contributed by atoms with E-state index in [9.17, 15) is 4.79 Å². The molecular formula is C12H17N3O. The molecule has 4 heteroatoms. The average Bonchev–Trinajstić information content (AvgIpc) is 2.68. The van der Waals surface area contributed by atoms with Crippen LogP contribution in [-0.2, 0) is 24.2 Å². The Bertz CT molecular complexity index is 401. The molecule has 1 rings (SSSR count). The van der Waals surface area contributed by atoms with Crippen LogP contribution in [-0.4, -0.2) is 22.2 Å². The summed E-state index contributed by atoms with van der Waals surface area (Å²) < 4.78 is 1.74. The van der Waals surface area contributed by atoms with Crippen LogP contribution in [0.2, 0.25) is 0 Å². The van der Waals surface area contributed by atoms with Gasteiger partial charge in [0.25, 0.3) is 0 Å². The van der Waals surface area contributed by atoms with Gasteiger partial charge in [-0.25, -0.2) is 0 Å². The summed E-state index contributed by atoms with van der Waals surface area (Å²) in [4.78, 5) is 11.5. The molecule has 0 radical (unpaired) electrons. The SMILES string of the molecule is C#CCNC(=O)Cn1nc(CC)cc1CC. The number of aryl methyl sites for hydroxylation is 2. The van der Waals surface area contributed by atoms with E-state index in [0.717, 1.165) is 24.2 Å². The van der Waals surface area contributed by atoms with Crippen molar-refractivity contribution in [2.24, 2.45) is 0 Å². The van der Waals surface area contributed by atoms with Gasteiger partial charge in [-0.05, 0) is 18.9 Å². The third-order valence-electron chi connectivity index (χ3n) is 2.32. The molecule has 1 aromatic heterocycles. The molecule has 0 saturated carbocycles. The number of aromatic nitrogens is 2. The van der Waals surface area contributed by atoms with Crippen molar-refractivity contribution in [2.75, 3.05) is 6.54 Å². The van der Waals surface area contributed by atoms with Crippen molar-refractivity contribution >= 4 is 5.91 Å². The molecule has 0 aliphatic heterocycles. The lowest BCUT2D eigenvalue weighted by atomic mass is 10.2. The second-order valence-corrected chi connectivity index (χ2v) is 3.47. The fourth-order valence-electron chi connectivity index (χ4n) is 1.45. The van der Waals surface area contributed by atoms with Gasteiger partial charge in [-0.15, -0.1) is 6.42 Å². The van der Waals surface area contributed by atoms with Gasteiger partial charge < -0.3 is 5.32 Å². The Balaban J connectivity index is 2.68. The molecule has 4 nitrogen and oxygen atoms in total. The van der Waals surface area contributed by atoms with E-state index in [1.54, 1.807) is 4.68 Å². The highest BCUT2D eigenvalue weighted by atomic mass is 16.2. The minimum absolute atomic E-state index is 0.0987. The van der Waals surface area contributed by atoms with Crippen LogP contribution in [0.4, 0.5) is 0 Å². The third kappa shape index (κ3) is 3.13. The number of nitrogens with zero attached hydrogens (tertiary/aromatic N) is 2. The van der Waals surface area contributed by atoms with E-state index in [1.165, 1.54) is 0 Å².